The fourth-order valence-electron chi connectivity index (χ4n) is 4.52. The lowest BCUT2D eigenvalue weighted by Gasteiger charge is -2.09. The monoisotopic (exact) mass is 475 g/mol. The molecule has 0 aliphatic carbocycles. The zero-order valence-corrected chi connectivity index (χ0v) is 19.1. The number of hydrogen-bond donors (Lipinski definition) is 0. The van der Waals surface area contributed by atoms with Gasteiger partial charge in [0.05, 0.1) is 16.8 Å². The maximum absolute atomic E-state index is 12.8. The average Bonchev–Trinajstić information content (AvgIpc) is 2.92. The minimum atomic E-state index is -4.33. The summed E-state index contributed by atoms with van der Waals surface area (Å²) in [5.41, 5.74) is 6.11. The van der Waals surface area contributed by atoms with Crippen LogP contribution in [-0.4, -0.2) is 4.98 Å². The van der Waals surface area contributed by atoms with Crippen LogP contribution in [0.25, 0.3) is 55.2 Å². The van der Waals surface area contributed by atoms with Crippen LogP contribution in [0.3, 0.4) is 0 Å². The third-order valence-electron chi connectivity index (χ3n) is 6.50. The van der Waals surface area contributed by atoms with E-state index in [-0.39, 0.29) is 0 Å². The minimum Gasteiger partial charge on any atom is -0.248 e. The van der Waals surface area contributed by atoms with Crippen molar-refractivity contribution in [1.82, 2.24) is 4.98 Å². The molecule has 0 fully saturated rings. The fraction of sp³-hybridized carbons (Fsp3) is 0.0312. The standard InChI is InChI=1S/C32H20F3N/c33-32(34,35)29-16-13-22(14-17-29)21-5-7-23(8-6-21)25-9-10-27-20-28(12-11-26(27)19-25)31-18-15-24-3-1-2-4-30(24)36-31/h1-20H. The van der Waals surface area contributed by atoms with Crippen molar-refractivity contribution < 1.29 is 13.2 Å². The van der Waals surface area contributed by atoms with Crippen LogP contribution >= 0.6 is 0 Å². The number of nitrogens with zero attached hydrogens (tertiary/aromatic N) is 1. The Morgan fingerprint density at radius 2 is 0.944 bits per heavy atom. The second-order valence-corrected chi connectivity index (χ2v) is 8.82. The van der Waals surface area contributed by atoms with Crippen molar-refractivity contribution in [2.75, 3.05) is 0 Å². The highest BCUT2D eigenvalue weighted by molar-refractivity contribution is 5.91. The van der Waals surface area contributed by atoms with Gasteiger partial charge in [-0.05, 0) is 69.4 Å². The van der Waals surface area contributed by atoms with Gasteiger partial charge in [-0.15, -0.1) is 0 Å². The van der Waals surface area contributed by atoms with Gasteiger partial charge in [-0.25, -0.2) is 4.98 Å². The van der Waals surface area contributed by atoms with Crippen LogP contribution in [-0.2, 0) is 6.18 Å². The van der Waals surface area contributed by atoms with Gasteiger partial charge in [0, 0.05) is 10.9 Å². The van der Waals surface area contributed by atoms with Crippen molar-refractivity contribution in [3.05, 3.63) is 127 Å². The number of pyridine rings is 1. The van der Waals surface area contributed by atoms with Crippen LogP contribution in [0.4, 0.5) is 13.2 Å². The summed E-state index contributed by atoms with van der Waals surface area (Å²) in [4.78, 5) is 4.81. The Bertz CT molecular complexity index is 1700. The number of halogens is 3. The van der Waals surface area contributed by atoms with E-state index in [9.17, 15) is 13.2 Å². The Morgan fingerprint density at radius 3 is 1.61 bits per heavy atom. The Morgan fingerprint density at radius 1 is 0.444 bits per heavy atom. The van der Waals surface area contributed by atoms with Gasteiger partial charge in [0.1, 0.15) is 0 Å². The number of alkyl halides is 3. The van der Waals surface area contributed by atoms with E-state index in [1.807, 2.05) is 42.5 Å². The maximum Gasteiger partial charge on any atom is 0.416 e. The summed E-state index contributed by atoms with van der Waals surface area (Å²) in [5.74, 6) is 0. The largest absolute Gasteiger partial charge is 0.416 e. The first kappa shape index (κ1) is 22.1. The van der Waals surface area contributed by atoms with Crippen LogP contribution in [0.2, 0.25) is 0 Å². The average molecular weight is 476 g/mol. The molecule has 0 N–H and O–H groups in total. The second kappa shape index (κ2) is 8.65. The molecular weight excluding hydrogens is 455 g/mol. The number of aromatic nitrogens is 1. The Labute approximate surface area is 206 Å². The van der Waals surface area contributed by atoms with Gasteiger partial charge in [0.25, 0.3) is 0 Å². The third-order valence-corrected chi connectivity index (χ3v) is 6.50. The highest BCUT2D eigenvalue weighted by Crippen LogP contribution is 2.33. The lowest BCUT2D eigenvalue weighted by Crippen LogP contribution is -2.03. The summed E-state index contributed by atoms with van der Waals surface area (Å²) in [6.45, 7) is 0. The molecule has 1 nitrogen and oxygen atoms in total. The molecule has 0 amide bonds. The molecule has 0 unspecified atom stereocenters. The predicted octanol–water partition coefficient (Wildman–Crippen LogP) is 9.41. The first-order valence-corrected chi connectivity index (χ1v) is 11.6. The third kappa shape index (κ3) is 4.22. The molecule has 174 valence electrons. The minimum absolute atomic E-state index is 0.640. The fourth-order valence-corrected chi connectivity index (χ4v) is 4.52. The summed E-state index contributed by atoms with van der Waals surface area (Å²) in [6.07, 6.45) is -4.33. The van der Waals surface area contributed by atoms with E-state index in [2.05, 4.69) is 54.6 Å². The quantitative estimate of drug-likeness (QED) is 0.248. The molecule has 6 rings (SSSR count). The number of benzene rings is 5. The molecule has 36 heavy (non-hydrogen) atoms. The van der Waals surface area contributed by atoms with Crippen molar-refractivity contribution in [3.63, 3.8) is 0 Å². The molecule has 1 aromatic heterocycles. The molecule has 0 radical (unpaired) electrons. The van der Waals surface area contributed by atoms with Gasteiger partial charge in [0.15, 0.2) is 0 Å². The number of para-hydroxylation sites is 1. The molecule has 1 heterocycles. The molecule has 0 aliphatic rings. The molecule has 6 aromatic rings. The number of fused-ring (bicyclic) bond motifs is 2. The Hall–Kier alpha value is -4.44. The first-order valence-electron chi connectivity index (χ1n) is 11.6. The molecule has 4 heteroatoms. The highest BCUT2D eigenvalue weighted by atomic mass is 19.4. The summed E-state index contributed by atoms with van der Waals surface area (Å²) in [6, 6.07) is 38.1. The molecule has 0 saturated heterocycles. The molecule has 0 saturated carbocycles. The van der Waals surface area contributed by atoms with Crippen LogP contribution in [0, 0.1) is 0 Å². The van der Waals surface area contributed by atoms with E-state index in [0.29, 0.717) is 0 Å². The van der Waals surface area contributed by atoms with Crippen LogP contribution in [0.5, 0.6) is 0 Å². The van der Waals surface area contributed by atoms with E-state index in [1.54, 1.807) is 0 Å². The van der Waals surface area contributed by atoms with E-state index < -0.39 is 11.7 Å². The van der Waals surface area contributed by atoms with Crippen molar-refractivity contribution in [3.8, 4) is 33.5 Å². The van der Waals surface area contributed by atoms with Crippen LogP contribution < -0.4 is 0 Å². The van der Waals surface area contributed by atoms with Crippen molar-refractivity contribution in [2.24, 2.45) is 0 Å². The lowest BCUT2D eigenvalue weighted by molar-refractivity contribution is -0.137. The SMILES string of the molecule is FC(F)(F)c1ccc(-c2ccc(-c3ccc4cc(-c5ccc6ccccc6n5)ccc4c3)cc2)cc1. The lowest BCUT2D eigenvalue weighted by atomic mass is 9.97. The van der Waals surface area contributed by atoms with E-state index in [4.69, 9.17) is 4.98 Å². The summed E-state index contributed by atoms with van der Waals surface area (Å²) in [7, 11) is 0. The predicted molar refractivity (Wildman–Crippen MR) is 141 cm³/mol. The van der Waals surface area contributed by atoms with Crippen LogP contribution in [0.1, 0.15) is 5.56 Å². The van der Waals surface area contributed by atoms with E-state index in [0.717, 1.165) is 67.3 Å². The van der Waals surface area contributed by atoms with Gasteiger partial charge in [-0.2, -0.15) is 13.2 Å². The van der Waals surface area contributed by atoms with Crippen LogP contribution in [0.15, 0.2) is 121 Å². The van der Waals surface area contributed by atoms with Gasteiger partial charge in [-0.1, -0.05) is 84.9 Å². The van der Waals surface area contributed by atoms with Gasteiger partial charge in [-0.3, -0.25) is 0 Å². The molecule has 0 aliphatic heterocycles. The van der Waals surface area contributed by atoms with Gasteiger partial charge in [0.2, 0.25) is 0 Å². The van der Waals surface area contributed by atoms with Gasteiger partial charge < -0.3 is 0 Å². The smallest absolute Gasteiger partial charge is 0.248 e. The first-order chi connectivity index (χ1) is 17.4. The maximum atomic E-state index is 12.8. The van der Waals surface area contributed by atoms with Gasteiger partial charge >= 0.3 is 6.18 Å². The van der Waals surface area contributed by atoms with E-state index >= 15 is 0 Å². The Kier molecular flexibility index (Phi) is 5.30. The zero-order chi connectivity index (χ0) is 24.7. The second-order valence-electron chi connectivity index (χ2n) is 8.82. The van der Waals surface area contributed by atoms with Crippen molar-refractivity contribution >= 4 is 21.7 Å². The molecular formula is C32H20F3N. The molecule has 0 bridgehead atoms. The highest BCUT2D eigenvalue weighted by Gasteiger charge is 2.29. The topological polar surface area (TPSA) is 12.9 Å². The number of rotatable bonds is 3. The Balaban J connectivity index is 1.27. The molecule has 0 atom stereocenters. The number of hydrogen-bond acceptors (Lipinski definition) is 1. The van der Waals surface area contributed by atoms with Crippen molar-refractivity contribution in [1.29, 1.82) is 0 Å². The van der Waals surface area contributed by atoms with Crippen molar-refractivity contribution in [2.45, 2.75) is 6.18 Å². The summed E-state index contributed by atoms with van der Waals surface area (Å²) >= 11 is 0. The summed E-state index contributed by atoms with van der Waals surface area (Å²) < 4.78 is 38.5. The normalized spacial score (nSPS) is 11.8. The molecule has 0 spiro atoms. The van der Waals surface area contributed by atoms with E-state index in [1.165, 1.54) is 12.1 Å². The zero-order valence-electron chi connectivity index (χ0n) is 19.1. The summed E-state index contributed by atoms with van der Waals surface area (Å²) in [5, 5.41) is 3.38. The molecule has 5 aromatic carbocycles.